The number of likely N-dealkylation sites (N-methyl/N-ethyl adjacent to an activating group) is 1. The van der Waals surface area contributed by atoms with Gasteiger partial charge in [0, 0.05) is 45.5 Å². The zero-order chi connectivity index (χ0) is 10.4. The number of piperazine rings is 1. The minimum atomic E-state index is 0.996. The third kappa shape index (κ3) is 3.68. The smallest absolute Gasteiger partial charge is 0.0376 e. The first-order valence-electron chi connectivity index (χ1n) is 5.56. The fourth-order valence-electron chi connectivity index (χ4n) is 1.84. The van der Waals surface area contributed by atoms with Gasteiger partial charge >= 0.3 is 0 Å². The quantitative estimate of drug-likeness (QED) is 0.701. The van der Waals surface area contributed by atoms with Crippen molar-refractivity contribution in [3.63, 3.8) is 0 Å². The van der Waals surface area contributed by atoms with E-state index in [1.807, 2.05) is 7.05 Å². The van der Waals surface area contributed by atoms with E-state index in [9.17, 15) is 0 Å². The molecule has 1 aliphatic heterocycles. The van der Waals surface area contributed by atoms with Crippen molar-refractivity contribution >= 4 is 0 Å². The van der Waals surface area contributed by atoms with Crippen molar-refractivity contribution in [2.75, 3.05) is 46.3 Å². The molecular formula is C11H23N3. The highest BCUT2D eigenvalue weighted by Crippen LogP contribution is 2.03. The van der Waals surface area contributed by atoms with Gasteiger partial charge in [0.1, 0.15) is 0 Å². The molecule has 0 atom stereocenters. The Labute approximate surface area is 87.8 Å². The highest BCUT2D eigenvalue weighted by molar-refractivity contribution is 4.93. The standard InChI is InChI=1S/C11H23N3/c1-4-5-13-6-8-14(9-7-13)10-11(2)12-3/h12H,2,4-10H2,1,3H3. The molecule has 0 aromatic rings. The molecule has 0 aliphatic carbocycles. The van der Waals surface area contributed by atoms with Crippen molar-refractivity contribution in [2.45, 2.75) is 13.3 Å². The van der Waals surface area contributed by atoms with Crippen LogP contribution in [0, 0.1) is 0 Å². The normalized spacial score (nSPS) is 19.6. The summed E-state index contributed by atoms with van der Waals surface area (Å²) >= 11 is 0. The first kappa shape index (κ1) is 11.5. The Morgan fingerprint density at radius 1 is 1.21 bits per heavy atom. The average Bonchev–Trinajstić information content (AvgIpc) is 2.21. The summed E-state index contributed by atoms with van der Waals surface area (Å²) in [6, 6.07) is 0. The molecule has 3 nitrogen and oxygen atoms in total. The lowest BCUT2D eigenvalue weighted by Crippen LogP contribution is -2.47. The summed E-state index contributed by atoms with van der Waals surface area (Å²) in [7, 11) is 1.94. The fraction of sp³-hybridized carbons (Fsp3) is 0.818. The predicted octanol–water partition coefficient (Wildman–Crippen LogP) is 0.747. The summed E-state index contributed by atoms with van der Waals surface area (Å²) < 4.78 is 0. The molecule has 0 unspecified atom stereocenters. The molecular weight excluding hydrogens is 174 g/mol. The molecule has 1 saturated heterocycles. The second-order valence-electron chi connectivity index (χ2n) is 3.97. The van der Waals surface area contributed by atoms with E-state index in [1.165, 1.54) is 39.1 Å². The summed E-state index contributed by atoms with van der Waals surface area (Å²) in [5.74, 6) is 0. The lowest BCUT2D eigenvalue weighted by molar-refractivity contribution is 0.139. The maximum atomic E-state index is 3.96. The van der Waals surface area contributed by atoms with E-state index in [2.05, 4.69) is 28.6 Å². The molecule has 3 heteroatoms. The molecule has 82 valence electrons. The Kier molecular flexibility index (Phi) is 4.98. The van der Waals surface area contributed by atoms with Gasteiger partial charge in [0.25, 0.3) is 0 Å². The molecule has 0 bridgehead atoms. The van der Waals surface area contributed by atoms with Gasteiger partial charge in [0.15, 0.2) is 0 Å². The van der Waals surface area contributed by atoms with Gasteiger partial charge in [0.05, 0.1) is 0 Å². The summed E-state index contributed by atoms with van der Waals surface area (Å²) in [6.07, 6.45) is 1.27. The number of rotatable bonds is 5. The highest BCUT2D eigenvalue weighted by atomic mass is 15.3. The fourth-order valence-corrected chi connectivity index (χ4v) is 1.84. The van der Waals surface area contributed by atoms with Crippen molar-refractivity contribution in [2.24, 2.45) is 0 Å². The van der Waals surface area contributed by atoms with Gasteiger partial charge in [-0.2, -0.15) is 0 Å². The van der Waals surface area contributed by atoms with E-state index in [0.717, 1.165) is 12.2 Å². The molecule has 1 fully saturated rings. The molecule has 1 aliphatic rings. The highest BCUT2D eigenvalue weighted by Gasteiger charge is 2.15. The minimum absolute atomic E-state index is 0.996. The minimum Gasteiger partial charge on any atom is -0.391 e. The lowest BCUT2D eigenvalue weighted by atomic mass is 10.3. The van der Waals surface area contributed by atoms with Crippen molar-refractivity contribution in [1.82, 2.24) is 15.1 Å². The van der Waals surface area contributed by atoms with Gasteiger partial charge in [0.2, 0.25) is 0 Å². The Morgan fingerprint density at radius 3 is 2.29 bits per heavy atom. The van der Waals surface area contributed by atoms with Crippen LogP contribution in [0.15, 0.2) is 12.3 Å². The zero-order valence-electron chi connectivity index (χ0n) is 9.55. The van der Waals surface area contributed by atoms with Crippen LogP contribution in [0.4, 0.5) is 0 Å². The van der Waals surface area contributed by atoms with Gasteiger partial charge in [-0.3, -0.25) is 4.90 Å². The topological polar surface area (TPSA) is 18.5 Å². The Morgan fingerprint density at radius 2 is 1.79 bits per heavy atom. The molecule has 0 aromatic heterocycles. The molecule has 0 spiro atoms. The van der Waals surface area contributed by atoms with Crippen LogP contribution < -0.4 is 5.32 Å². The van der Waals surface area contributed by atoms with Crippen LogP contribution in [-0.4, -0.2) is 56.1 Å². The van der Waals surface area contributed by atoms with Gasteiger partial charge in [-0.25, -0.2) is 0 Å². The SMILES string of the molecule is C=C(CN1CCN(CCC)CC1)NC. The second kappa shape index (κ2) is 6.04. The average molecular weight is 197 g/mol. The van der Waals surface area contributed by atoms with Crippen molar-refractivity contribution in [1.29, 1.82) is 0 Å². The second-order valence-corrected chi connectivity index (χ2v) is 3.97. The monoisotopic (exact) mass is 197 g/mol. The summed E-state index contributed by atoms with van der Waals surface area (Å²) in [6.45, 7) is 13.2. The van der Waals surface area contributed by atoms with Crippen LogP contribution in [0.25, 0.3) is 0 Å². The zero-order valence-corrected chi connectivity index (χ0v) is 9.55. The molecule has 0 saturated carbocycles. The van der Waals surface area contributed by atoms with E-state index < -0.39 is 0 Å². The first-order valence-corrected chi connectivity index (χ1v) is 5.56. The molecule has 1 N–H and O–H groups in total. The summed E-state index contributed by atoms with van der Waals surface area (Å²) in [5.41, 5.74) is 1.12. The van der Waals surface area contributed by atoms with Gasteiger partial charge in [-0.05, 0) is 13.0 Å². The number of hydrogen-bond acceptors (Lipinski definition) is 3. The Bertz CT molecular complexity index is 171. The van der Waals surface area contributed by atoms with E-state index in [0.29, 0.717) is 0 Å². The third-order valence-electron chi connectivity index (χ3n) is 2.77. The molecule has 0 amide bonds. The Balaban J connectivity index is 2.18. The molecule has 1 rings (SSSR count). The van der Waals surface area contributed by atoms with Gasteiger partial charge in [-0.1, -0.05) is 13.5 Å². The van der Waals surface area contributed by atoms with Crippen LogP contribution in [-0.2, 0) is 0 Å². The largest absolute Gasteiger partial charge is 0.391 e. The maximum Gasteiger partial charge on any atom is 0.0376 e. The van der Waals surface area contributed by atoms with Crippen molar-refractivity contribution in [3.8, 4) is 0 Å². The third-order valence-corrected chi connectivity index (χ3v) is 2.77. The number of nitrogens with zero attached hydrogens (tertiary/aromatic N) is 2. The lowest BCUT2D eigenvalue weighted by Gasteiger charge is -2.34. The van der Waals surface area contributed by atoms with Crippen LogP contribution in [0.2, 0.25) is 0 Å². The van der Waals surface area contributed by atoms with Crippen LogP contribution in [0.3, 0.4) is 0 Å². The van der Waals surface area contributed by atoms with Gasteiger partial charge in [-0.15, -0.1) is 0 Å². The van der Waals surface area contributed by atoms with E-state index >= 15 is 0 Å². The van der Waals surface area contributed by atoms with Gasteiger partial charge < -0.3 is 10.2 Å². The van der Waals surface area contributed by atoms with Crippen LogP contribution >= 0.6 is 0 Å². The molecule has 0 radical (unpaired) electrons. The van der Waals surface area contributed by atoms with E-state index in [1.54, 1.807) is 0 Å². The van der Waals surface area contributed by atoms with Crippen molar-refractivity contribution in [3.05, 3.63) is 12.3 Å². The first-order chi connectivity index (χ1) is 6.76. The van der Waals surface area contributed by atoms with Crippen LogP contribution in [0.1, 0.15) is 13.3 Å². The maximum absolute atomic E-state index is 3.96. The molecule has 14 heavy (non-hydrogen) atoms. The predicted molar refractivity (Wildman–Crippen MR) is 61.4 cm³/mol. The molecule has 0 aromatic carbocycles. The summed E-state index contributed by atoms with van der Waals surface area (Å²) in [4.78, 5) is 5.00. The Hall–Kier alpha value is -0.540. The summed E-state index contributed by atoms with van der Waals surface area (Å²) in [5, 5.41) is 3.10. The number of nitrogens with one attached hydrogen (secondary N) is 1. The number of hydrogen-bond donors (Lipinski definition) is 1. The van der Waals surface area contributed by atoms with Crippen LogP contribution in [0.5, 0.6) is 0 Å². The molecule has 1 heterocycles. The van der Waals surface area contributed by atoms with E-state index in [4.69, 9.17) is 0 Å². The van der Waals surface area contributed by atoms with Crippen molar-refractivity contribution < 1.29 is 0 Å². The van der Waals surface area contributed by atoms with E-state index in [-0.39, 0.29) is 0 Å².